The quantitative estimate of drug-likeness (QED) is 0.687. The van der Waals surface area contributed by atoms with Crippen molar-refractivity contribution in [3.8, 4) is 0 Å². The number of hydrogen-bond donors (Lipinski definition) is 0. The second-order valence-electron chi connectivity index (χ2n) is 5.90. The monoisotopic (exact) mass is 218 g/mol. The number of hydrogen-bond acceptors (Lipinski definition) is 0. The van der Waals surface area contributed by atoms with Gasteiger partial charge in [0, 0.05) is 0 Å². The minimum absolute atomic E-state index is 0.744. The minimum Gasteiger partial charge on any atom is -0.0625 e. The van der Waals surface area contributed by atoms with Gasteiger partial charge in [-0.1, -0.05) is 39.8 Å². The van der Waals surface area contributed by atoms with Crippen molar-refractivity contribution in [2.75, 3.05) is 0 Å². The summed E-state index contributed by atoms with van der Waals surface area (Å²) in [6.45, 7) is 13.7. The van der Waals surface area contributed by atoms with Crippen molar-refractivity contribution in [2.24, 2.45) is 11.8 Å². The van der Waals surface area contributed by atoms with E-state index in [2.05, 4.69) is 53.7 Å². The SMILES string of the molecule is Cc1cc(CC(C)C)cc(C)c1CC(C)C. The van der Waals surface area contributed by atoms with Crippen LogP contribution in [0.3, 0.4) is 0 Å². The third-order valence-corrected chi connectivity index (χ3v) is 3.01. The van der Waals surface area contributed by atoms with Crippen LogP contribution in [0.5, 0.6) is 0 Å². The van der Waals surface area contributed by atoms with E-state index in [1.807, 2.05) is 0 Å². The highest BCUT2D eigenvalue weighted by atomic mass is 14.1. The molecular weight excluding hydrogens is 192 g/mol. The summed E-state index contributed by atoms with van der Waals surface area (Å²) in [6, 6.07) is 4.76. The lowest BCUT2D eigenvalue weighted by Crippen LogP contribution is -2.03. The summed E-state index contributed by atoms with van der Waals surface area (Å²) in [5.74, 6) is 1.49. The van der Waals surface area contributed by atoms with E-state index in [1.54, 1.807) is 5.56 Å². The van der Waals surface area contributed by atoms with Gasteiger partial charge in [0.05, 0.1) is 0 Å². The first-order valence-corrected chi connectivity index (χ1v) is 6.49. The Hall–Kier alpha value is -0.780. The molecule has 90 valence electrons. The minimum atomic E-state index is 0.744. The van der Waals surface area contributed by atoms with Crippen LogP contribution in [0.4, 0.5) is 0 Å². The summed E-state index contributed by atoms with van der Waals surface area (Å²) >= 11 is 0. The van der Waals surface area contributed by atoms with Crippen LogP contribution in [0, 0.1) is 25.7 Å². The molecule has 0 aromatic heterocycles. The third kappa shape index (κ3) is 3.66. The van der Waals surface area contributed by atoms with E-state index in [-0.39, 0.29) is 0 Å². The average molecular weight is 218 g/mol. The largest absolute Gasteiger partial charge is 0.0625 e. The Morgan fingerprint density at radius 1 is 0.812 bits per heavy atom. The molecule has 0 bridgehead atoms. The highest BCUT2D eigenvalue weighted by molar-refractivity contribution is 5.38. The molecule has 0 atom stereocenters. The van der Waals surface area contributed by atoms with E-state index >= 15 is 0 Å². The van der Waals surface area contributed by atoms with Gasteiger partial charge in [-0.3, -0.25) is 0 Å². The van der Waals surface area contributed by atoms with Crippen LogP contribution in [-0.4, -0.2) is 0 Å². The molecule has 0 saturated heterocycles. The summed E-state index contributed by atoms with van der Waals surface area (Å²) in [5, 5.41) is 0. The number of aryl methyl sites for hydroxylation is 2. The highest BCUT2D eigenvalue weighted by Gasteiger charge is 2.08. The van der Waals surface area contributed by atoms with E-state index in [9.17, 15) is 0 Å². The zero-order chi connectivity index (χ0) is 12.3. The maximum absolute atomic E-state index is 2.38. The van der Waals surface area contributed by atoms with Gasteiger partial charge in [0.1, 0.15) is 0 Å². The van der Waals surface area contributed by atoms with Crippen LogP contribution in [0.15, 0.2) is 12.1 Å². The van der Waals surface area contributed by atoms with Crippen molar-refractivity contribution < 1.29 is 0 Å². The first kappa shape index (κ1) is 13.3. The molecule has 0 heterocycles. The topological polar surface area (TPSA) is 0 Å². The molecule has 0 unspecified atom stereocenters. The fourth-order valence-electron chi connectivity index (χ4n) is 2.40. The normalized spacial score (nSPS) is 11.5. The predicted molar refractivity (Wildman–Crippen MR) is 73.0 cm³/mol. The van der Waals surface area contributed by atoms with Crippen molar-refractivity contribution in [3.05, 3.63) is 34.4 Å². The Morgan fingerprint density at radius 3 is 1.62 bits per heavy atom. The molecule has 0 spiro atoms. The maximum Gasteiger partial charge on any atom is -0.0250 e. The van der Waals surface area contributed by atoms with Crippen molar-refractivity contribution in [2.45, 2.75) is 54.4 Å². The maximum atomic E-state index is 2.38. The second kappa shape index (κ2) is 5.52. The van der Waals surface area contributed by atoms with Gasteiger partial charge in [0.2, 0.25) is 0 Å². The van der Waals surface area contributed by atoms with Crippen LogP contribution in [0.1, 0.15) is 49.9 Å². The second-order valence-corrected chi connectivity index (χ2v) is 5.90. The first-order valence-electron chi connectivity index (χ1n) is 6.49. The van der Waals surface area contributed by atoms with Gasteiger partial charge >= 0.3 is 0 Å². The summed E-state index contributed by atoms with van der Waals surface area (Å²) in [6.07, 6.45) is 2.41. The molecule has 0 amide bonds. The van der Waals surface area contributed by atoms with E-state index < -0.39 is 0 Å². The lowest BCUT2D eigenvalue weighted by Gasteiger charge is -2.15. The number of rotatable bonds is 4. The summed E-state index contributed by atoms with van der Waals surface area (Å²) in [4.78, 5) is 0. The van der Waals surface area contributed by atoms with Crippen molar-refractivity contribution in [3.63, 3.8) is 0 Å². The Bertz CT molecular complexity index is 322. The molecule has 0 aliphatic heterocycles. The van der Waals surface area contributed by atoms with E-state index in [1.165, 1.54) is 29.5 Å². The standard InChI is InChI=1S/C16H26/c1-11(2)7-15-9-13(5)16(8-12(3)4)14(6)10-15/h9-12H,7-8H2,1-6H3. The summed E-state index contributed by atoms with van der Waals surface area (Å²) < 4.78 is 0. The Morgan fingerprint density at radius 2 is 1.25 bits per heavy atom. The molecule has 0 aliphatic rings. The van der Waals surface area contributed by atoms with E-state index in [0.29, 0.717) is 0 Å². The molecule has 1 aromatic rings. The predicted octanol–water partition coefficient (Wildman–Crippen LogP) is 4.70. The van der Waals surface area contributed by atoms with Gasteiger partial charge in [-0.2, -0.15) is 0 Å². The zero-order valence-corrected chi connectivity index (χ0v) is 11.7. The summed E-state index contributed by atoms with van der Waals surface area (Å²) in [5.41, 5.74) is 6.01. The van der Waals surface area contributed by atoms with Crippen LogP contribution in [0.2, 0.25) is 0 Å². The van der Waals surface area contributed by atoms with Crippen molar-refractivity contribution in [1.29, 1.82) is 0 Å². The van der Waals surface area contributed by atoms with Gasteiger partial charge < -0.3 is 0 Å². The summed E-state index contributed by atoms with van der Waals surface area (Å²) in [7, 11) is 0. The lowest BCUT2D eigenvalue weighted by atomic mass is 9.90. The lowest BCUT2D eigenvalue weighted by molar-refractivity contribution is 0.635. The van der Waals surface area contributed by atoms with Gasteiger partial charge in [-0.05, 0) is 60.8 Å². The third-order valence-electron chi connectivity index (χ3n) is 3.01. The Labute approximate surface area is 101 Å². The highest BCUT2D eigenvalue weighted by Crippen LogP contribution is 2.21. The Balaban J connectivity index is 2.98. The van der Waals surface area contributed by atoms with Crippen LogP contribution < -0.4 is 0 Å². The fraction of sp³-hybridized carbons (Fsp3) is 0.625. The molecule has 1 aromatic carbocycles. The molecular formula is C16H26. The molecule has 16 heavy (non-hydrogen) atoms. The fourth-order valence-corrected chi connectivity index (χ4v) is 2.40. The van der Waals surface area contributed by atoms with Crippen molar-refractivity contribution >= 4 is 0 Å². The smallest absolute Gasteiger partial charge is 0.0250 e. The first-order chi connectivity index (χ1) is 7.40. The van der Waals surface area contributed by atoms with Crippen LogP contribution in [-0.2, 0) is 12.8 Å². The molecule has 0 N–H and O–H groups in total. The van der Waals surface area contributed by atoms with E-state index in [4.69, 9.17) is 0 Å². The molecule has 0 aliphatic carbocycles. The molecule has 0 radical (unpaired) electrons. The van der Waals surface area contributed by atoms with Crippen LogP contribution in [0.25, 0.3) is 0 Å². The average Bonchev–Trinajstić information content (AvgIpc) is 2.10. The van der Waals surface area contributed by atoms with Crippen LogP contribution >= 0.6 is 0 Å². The molecule has 0 fully saturated rings. The molecule has 0 saturated carbocycles. The number of benzene rings is 1. The Kier molecular flexibility index (Phi) is 4.58. The van der Waals surface area contributed by atoms with Gasteiger partial charge in [0.15, 0.2) is 0 Å². The van der Waals surface area contributed by atoms with E-state index in [0.717, 1.165) is 11.8 Å². The van der Waals surface area contributed by atoms with Gasteiger partial charge in [-0.25, -0.2) is 0 Å². The van der Waals surface area contributed by atoms with Crippen molar-refractivity contribution in [1.82, 2.24) is 0 Å². The van der Waals surface area contributed by atoms with Gasteiger partial charge in [-0.15, -0.1) is 0 Å². The van der Waals surface area contributed by atoms with Gasteiger partial charge in [0.25, 0.3) is 0 Å². The zero-order valence-electron chi connectivity index (χ0n) is 11.7. The molecule has 0 heteroatoms. The molecule has 1 rings (SSSR count). The molecule has 0 nitrogen and oxygen atoms in total.